The van der Waals surface area contributed by atoms with Gasteiger partial charge in [-0.2, -0.15) is 0 Å². The van der Waals surface area contributed by atoms with Crippen LogP contribution in [0.25, 0.3) is 31.7 Å². The van der Waals surface area contributed by atoms with E-state index in [2.05, 4.69) is 15.2 Å². The summed E-state index contributed by atoms with van der Waals surface area (Å²) in [7, 11) is 0. The van der Waals surface area contributed by atoms with Crippen molar-refractivity contribution in [2.75, 3.05) is 5.73 Å². The molecule has 3 heterocycles. The van der Waals surface area contributed by atoms with Crippen LogP contribution in [-0.4, -0.2) is 24.3 Å². The van der Waals surface area contributed by atoms with Crippen LogP contribution in [0.15, 0.2) is 59.4 Å². The number of halogens is 1. The number of rotatable bonds is 3. The van der Waals surface area contributed by atoms with E-state index in [0.29, 0.717) is 31.2 Å². The summed E-state index contributed by atoms with van der Waals surface area (Å²) in [6.45, 7) is 0. The Bertz CT molecular complexity index is 1520. The number of anilines is 1. The molecule has 11 heteroatoms. The minimum Gasteiger partial charge on any atom is -0.375 e. The van der Waals surface area contributed by atoms with Gasteiger partial charge in [0.25, 0.3) is 5.56 Å². The summed E-state index contributed by atoms with van der Waals surface area (Å²) in [5, 5.41) is 10.5. The fourth-order valence-corrected chi connectivity index (χ4v) is 5.36. The van der Waals surface area contributed by atoms with E-state index in [0.717, 1.165) is 16.9 Å². The number of para-hydroxylation sites is 1. The number of nitrogens with zero attached hydrogens (tertiary/aromatic N) is 5. The Balaban J connectivity index is 1.81. The lowest BCUT2D eigenvalue weighted by Crippen LogP contribution is -2.23. The Morgan fingerprint density at radius 2 is 1.70 bits per heavy atom. The van der Waals surface area contributed by atoms with Crippen LogP contribution in [0.2, 0.25) is 5.02 Å². The molecule has 2 N–H and O–H groups in total. The molecule has 2 aromatic carbocycles. The van der Waals surface area contributed by atoms with E-state index in [1.807, 2.05) is 48.5 Å². The number of aromatic nitrogens is 5. The van der Waals surface area contributed by atoms with Gasteiger partial charge in [0.15, 0.2) is 20.6 Å². The monoisotopic (exact) mass is 470 g/mol. The number of nitrogen functional groups attached to an aromatic ring is 1. The van der Waals surface area contributed by atoms with Crippen LogP contribution in [0.5, 0.6) is 0 Å². The molecule has 0 bridgehead atoms. The maximum Gasteiger partial charge on any atom is 0.278 e. The average molecular weight is 471 g/mol. The number of fused-ring (bicyclic) bond motifs is 1. The molecule has 0 atom stereocenters. The second-order valence-corrected chi connectivity index (χ2v) is 8.93. The van der Waals surface area contributed by atoms with Crippen LogP contribution in [0.1, 0.15) is 0 Å². The summed E-state index contributed by atoms with van der Waals surface area (Å²) in [4.78, 5) is 17.5. The van der Waals surface area contributed by atoms with E-state index in [-0.39, 0.29) is 15.5 Å². The SMILES string of the molecule is Nc1nc2c(s1)c(=O)n(-c1ccccc1)c(=S)n2-c1nnc(-c2ccccc2Cl)s1. The Labute approximate surface area is 187 Å². The second kappa shape index (κ2) is 7.40. The van der Waals surface area contributed by atoms with Gasteiger partial charge in [0, 0.05) is 5.56 Å². The minimum absolute atomic E-state index is 0.228. The van der Waals surface area contributed by atoms with Crippen molar-refractivity contribution in [3.63, 3.8) is 0 Å². The largest absolute Gasteiger partial charge is 0.375 e. The maximum absolute atomic E-state index is 13.2. The first-order valence-electron chi connectivity index (χ1n) is 8.63. The lowest BCUT2D eigenvalue weighted by molar-refractivity contribution is 0.853. The molecule has 0 amide bonds. The van der Waals surface area contributed by atoms with Crippen LogP contribution >= 0.6 is 46.5 Å². The van der Waals surface area contributed by atoms with Crippen LogP contribution in [0.4, 0.5) is 5.13 Å². The van der Waals surface area contributed by atoms with Gasteiger partial charge in [-0.15, -0.1) is 10.2 Å². The minimum atomic E-state index is -0.275. The summed E-state index contributed by atoms with van der Waals surface area (Å²) in [5.41, 5.74) is 7.42. The van der Waals surface area contributed by atoms with Gasteiger partial charge in [-0.05, 0) is 30.4 Å². The molecule has 0 aliphatic carbocycles. The first kappa shape index (κ1) is 19.1. The molecular weight excluding hydrogens is 460 g/mol. The van der Waals surface area contributed by atoms with E-state index in [4.69, 9.17) is 29.6 Å². The maximum atomic E-state index is 13.2. The molecule has 0 saturated heterocycles. The lowest BCUT2D eigenvalue weighted by Gasteiger charge is -2.10. The molecule has 3 aromatic heterocycles. The molecule has 5 rings (SSSR count). The van der Waals surface area contributed by atoms with Gasteiger partial charge >= 0.3 is 0 Å². The summed E-state index contributed by atoms with van der Waals surface area (Å²) in [6.07, 6.45) is 0. The zero-order valence-corrected chi connectivity index (χ0v) is 18.2. The molecule has 0 fully saturated rings. The predicted molar refractivity (Wildman–Crippen MR) is 124 cm³/mol. The third-order valence-corrected chi connectivity index (χ3v) is 6.84. The van der Waals surface area contributed by atoms with Crippen molar-refractivity contribution < 1.29 is 0 Å². The van der Waals surface area contributed by atoms with Crippen molar-refractivity contribution in [3.8, 4) is 21.4 Å². The van der Waals surface area contributed by atoms with E-state index in [1.54, 1.807) is 10.6 Å². The molecule has 148 valence electrons. The summed E-state index contributed by atoms with van der Waals surface area (Å²) >= 11 is 14.4. The number of nitrogens with two attached hydrogens (primary N) is 1. The Hall–Kier alpha value is -2.92. The molecule has 0 radical (unpaired) electrons. The van der Waals surface area contributed by atoms with Crippen molar-refractivity contribution >= 4 is 62.0 Å². The van der Waals surface area contributed by atoms with Gasteiger partial charge in [0.1, 0.15) is 4.70 Å². The Kier molecular flexibility index (Phi) is 4.70. The normalized spacial score (nSPS) is 11.2. The molecule has 0 spiro atoms. The zero-order chi connectivity index (χ0) is 20.8. The molecule has 0 aliphatic heterocycles. The van der Waals surface area contributed by atoms with Crippen molar-refractivity contribution in [2.45, 2.75) is 0 Å². The van der Waals surface area contributed by atoms with Gasteiger partial charge in [0.05, 0.1) is 10.7 Å². The van der Waals surface area contributed by atoms with Crippen molar-refractivity contribution in [1.29, 1.82) is 0 Å². The smallest absolute Gasteiger partial charge is 0.278 e. The van der Waals surface area contributed by atoms with E-state index in [1.165, 1.54) is 15.9 Å². The van der Waals surface area contributed by atoms with Crippen molar-refractivity contribution in [2.24, 2.45) is 0 Å². The number of benzene rings is 2. The first-order valence-corrected chi connectivity index (χ1v) is 11.0. The number of hydrogen-bond donors (Lipinski definition) is 1. The predicted octanol–water partition coefficient (Wildman–Crippen LogP) is 4.72. The molecule has 0 unspecified atom stereocenters. The molecule has 0 aliphatic rings. The third kappa shape index (κ3) is 3.05. The fourth-order valence-electron chi connectivity index (χ4n) is 3.02. The fraction of sp³-hybridized carbons (Fsp3) is 0. The van der Waals surface area contributed by atoms with Crippen LogP contribution < -0.4 is 11.3 Å². The Morgan fingerprint density at radius 1 is 0.967 bits per heavy atom. The summed E-state index contributed by atoms with van der Waals surface area (Å²) in [5.74, 6) is 0. The molecule has 0 saturated carbocycles. The van der Waals surface area contributed by atoms with Gasteiger partial charge in [-0.3, -0.25) is 9.36 Å². The standard InChI is InChI=1S/C19H11ClN6OS3/c20-12-9-5-4-8-11(12)15-23-24-18(30-15)26-14-13(29-17(21)22-14)16(27)25(19(26)28)10-6-2-1-3-7-10/h1-9H,(H2,21,22). The lowest BCUT2D eigenvalue weighted by atomic mass is 10.2. The highest BCUT2D eigenvalue weighted by molar-refractivity contribution is 7.71. The summed E-state index contributed by atoms with van der Waals surface area (Å²) in [6, 6.07) is 16.6. The van der Waals surface area contributed by atoms with Crippen molar-refractivity contribution in [1.82, 2.24) is 24.3 Å². The highest BCUT2D eigenvalue weighted by Crippen LogP contribution is 2.33. The van der Waals surface area contributed by atoms with Crippen LogP contribution in [0, 0.1) is 4.77 Å². The third-order valence-electron chi connectivity index (χ3n) is 4.34. The topological polar surface area (TPSA) is 91.6 Å². The molecule has 7 nitrogen and oxygen atoms in total. The highest BCUT2D eigenvalue weighted by Gasteiger charge is 2.20. The van der Waals surface area contributed by atoms with Crippen LogP contribution in [0.3, 0.4) is 0 Å². The van der Waals surface area contributed by atoms with Crippen molar-refractivity contribution in [3.05, 3.63) is 74.7 Å². The highest BCUT2D eigenvalue weighted by atomic mass is 35.5. The molecular formula is C19H11ClN6OS3. The first-order chi connectivity index (χ1) is 14.5. The molecule has 5 aromatic rings. The van der Waals surface area contributed by atoms with Gasteiger partial charge in [0.2, 0.25) is 5.13 Å². The Morgan fingerprint density at radius 3 is 2.47 bits per heavy atom. The van der Waals surface area contributed by atoms with Gasteiger partial charge < -0.3 is 5.73 Å². The second-order valence-electron chi connectivity index (χ2n) is 6.17. The zero-order valence-electron chi connectivity index (χ0n) is 15.0. The number of hydrogen-bond acceptors (Lipinski definition) is 8. The van der Waals surface area contributed by atoms with Crippen LogP contribution in [-0.2, 0) is 0 Å². The number of thiazole rings is 1. The summed E-state index contributed by atoms with van der Waals surface area (Å²) < 4.78 is 3.70. The molecule has 30 heavy (non-hydrogen) atoms. The quantitative estimate of drug-likeness (QED) is 0.383. The average Bonchev–Trinajstić information content (AvgIpc) is 3.37. The van der Waals surface area contributed by atoms with Gasteiger partial charge in [-0.1, -0.05) is 70.7 Å². The van der Waals surface area contributed by atoms with E-state index < -0.39 is 0 Å². The van der Waals surface area contributed by atoms with E-state index in [9.17, 15) is 4.79 Å². The van der Waals surface area contributed by atoms with Gasteiger partial charge in [-0.25, -0.2) is 9.55 Å². The van der Waals surface area contributed by atoms with E-state index >= 15 is 0 Å².